The number of aryl methyl sites for hydroxylation is 2. The van der Waals surface area contributed by atoms with Crippen LogP contribution in [0.2, 0.25) is 0 Å². The first-order valence-corrected chi connectivity index (χ1v) is 5.63. The SMILES string of the molecule is Cc1cc(C)n2nc(C(=O)NC(C)C(=O)O)nc2n1. The minimum Gasteiger partial charge on any atom is -0.480 e. The van der Waals surface area contributed by atoms with E-state index in [4.69, 9.17) is 5.11 Å². The van der Waals surface area contributed by atoms with Crippen molar-refractivity contribution < 1.29 is 14.7 Å². The minimum atomic E-state index is -1.12. The van der Waals surface area contributed by atoms with E-state index in [9.17, 15) is 9.59 Å². The molecule has 100 valence electrons. The Bertz CT molecular complexity index is 664. The van der Waals surface area contributed by atoms with Gasteiger partial charge in [-0.05, 0) is 26.8 Å². The fourth-order valence-corrected chi connectivity index (χ4v) is 1.59. The molecule has 0 aliphatic heterocycles. The molecule has 1 unspecified atom stereocenters. The van der Waals surface area contributed by atoms with E-state index in [1.54, 1.807) is 0 Å². The molecule has 0 saturated heterocycles. The Morgan fingerprint density at radius 1 is 1.37 bits per heavy atom. The molecule has 0 bridgehead atoms. The summed E-state index contributed by atoms with van der Waals surface area (Å²) >= 11 is 0. The second kappa shape index (κ2) is 4.63. The first-order valence-electron chi connectivity index (χ1n) is 5.63. The normalized spacial score (nSPS) is 12.4. The summed E-state index contributed by atoms with van der Waals surface area (Å²) in [7, 11) is 0. The van der Waals surface area contributed by atoms with Crippen LogP contribution in [0, 0.1) is 13.8 Å². The summed E-state index contributed by atoms with van der Waals surface area (Å²) in [5, 5.41) is 15.0. The molecule has 0 radical (unpaired) electrons. The van der Waals surface area contributed by atoms with Crippen LogP contribution >= 0.6 is 0 Å². The lowest BCUT2D eigenvalue weighted by Gasteiger charge is -2.05. The number of carboxylic acid groups (broad SMARTS) is 1. The highest BCUT2D eigenvalue weighted by atomic mass is 16.4. The summed E-state index contributed by atoms with van der Waals surface area (Å²) in [6.07, 6.45) is 0. The van der Waals surface area contributed by atoms with E-state index in [0.717, 1.165) is 11.4 Å². The molecule has 0 aliphatic rings. The zero-order valence-corrected chi connectivity index (χ0v) is 10.7. The number of carbonyl (C=O) groups is 2. The standard InChI is InChI=1S/C11H13N5O3/c1-5-4-6(2)16-11(12-5)14-8(15-16)9(17)13-7(3)10(18)19/h4,7H,1-3H3,(H,13,17)(H,18,19). The van der Waals surface area contributed by atoms with Crippen molar-refractivity contribution >= 4 is 17.7 Å². The molecule has 0 aliphatic carbocycles. The number of nitrogens with one attached hydrogen (secondary N) is 1. The van der Waals surface area contributed by atoms with Crippen molar-refractivity contribution in [2.45, 2.75) is 26.8 Å². The molecule has 2 N–H and O–H groups in total. The molecule has 1 atom stereocenters. The number of carbonyl (C=O) groups excluding carboxylic acids is 1. The number of fused-ring (bicyclic) bond motifs is 1. The zero-order chi connectivity index (χ0) is 14.2. The smallest absolute Gasteiger partial charge is 0.325 e. The number of nitrogens with zero attached hydrogens (tertiary/aromatic N) is 4. The van der Waals surface area contributed by atoms with Crippen molar-refractivity contribution in [3.8, 4) is 0 Å². The molecule has 8 nitrogen and oxygen atoms in total. The molecule has 2 heterocycles. The van der Waals surface area contributed by atoms with E-state index in [1.165, 1.54) is 11.4 Å². The first kappa shape index (κ1) is 12.9. The molecule has 1 amide bonds. The van der Waals surface area contributed by atoms with Crippen LogP contribution in [-0.4, -0.2) is 42.6 Å². The number of carboxylic acids is 1. The van der Waals surface area contributed by atoms with Gasteiger partial charge in [0.2, 0.25) is 5.82 Å². The Hall–Kier alpha value is -2.51. The van der Waals surface area contributed by atoms with Crippen LogP contribution in [0.5, 0.6) is 0 Å². The summed E-state index contributed by atoms with van der Waals surface area (Å²) in [5.41, 5.74) is 1.56. The monoisotopic (exact) mass is 263 g/mol. The second-order valence-corrected chi connectivity index (χ2v) is 4.22. The van der Waals surface area contributed by atoms with Gasteiger partial charge in [-0.15, -0.1) is 5.10 Å². The van der Waals surface area contributed by atoms with Crippen molar-refractivity contribution in [3.63, 3.8) is 0 Å². The molecular weight excluding hydrogens is 250 g/mol. The highest BCUT2D eigenvalue weighted by molar-refractivity contribution is 5.93. The molecule has 2 aromatic rings. The van der Waals surface area contributed by atoms with Crippen LogP contribution in [0.4, 0.5) is 0 Å². The van der Waals surface area contributed by atoms with Crippen molar-refractivity contribution in [2.75, 3.05) is 0 Å². The van der Waals surface area contributed by atoms with E-state index in [0.29, 0.717) is 5.78 Å². The van der Waals surface area contributed by atoms with Crippen LogP contribution in [0.3, 0.4) is 0 Å². The maximum Gasteiger partial charge on any atom is 0.325 e. The predicted molar refractivity (Wildman–Crippen MR) is 64.8 cm³/mol. The van der Waals surface area contributed by atoms with Gasteiger partial charge in [-0.1, -0.05) is 0 Å². The van der Waals surface area contributed by atoms with Crippen molar-refractivity contribution in [1.29, 1.82) is 0 Å². The lowest BCUT2D eigenvalue weighted by atomic mass is 10.3. The molecule has 0 fully saturated rings. The number of aromatic nitrogens is 4. The Morgan fingerprint density at radius 3 is 2.68 bits per heavy atom. The molecule has 0 spiro atoms. The van der Waals surface area contributed by atoms with E-state index in [2.05, 4.69) is 20.4 Å². The third-order valence-corrected chi connectivity index (χ3v) is 2.54. The first-order chi connectivity index (χ1) is 8.88. The van der Waals surface area contributed by atoms with Gasteiger partial charge in [0.05, 0.1) is 0 Å². The maximum absolute atomic E-state index is 11.8. The van der Waals surface area contributed by atoms with E-state index in [1.807, 2.05) is 19.9 Å². The van der Waals surface area contributed by atoms with Gasteiger partial charge in [0.15, 0.2) is 0 Å². The summed E-state index contributed by atoms with van der Waals surface area (Å²) in [5.74, 6) is -1.56. The molecule has 8 heteroatoms. The molecule has 0 aromatic carbocycles. The number of hydrogen-bond acceptors (Lipinski definition) is 5. The summed E-state index contributed by atoms with van der Waals surface area (Å²) in [6, 6.07) is 0.804. The van der Waals surface area contributed by atoms with E-state index >= 15 is 0 Å². The Morgan fingerprint density at radius 2 is 2.05 bits per heavy atom. The average molecular weight is 263 g/mol. The van der Waals surface area contributed by atoms with Gasteiger partial charge in [0.25, 0.3) is 11.7 Å². The average Bonchev–Trinajstić information content (AvgIpc) is 2.72. The van der Waals surface area contributed by atoms with Crippen LogP contribution in [-0.2, 0) is 4.79 Å². The van der Waals surface area contributed by atoms with Crippen molar-refractivity contribution in [2.24, 2.45) is 0 Å². The predicted octanol–water partition coefficient (Wildman–Crippen LogP) is -0.0560. The highest BCUT2D eigenvalue weighted by Gasteiger charge is 2.19. The third-order valence-electron chi connectivity index (χ3n) is 2.54. The van der Waals surface area contributed by atoms with Gasteiger partial charge in [0.1, 0.15) is 6.04 Å². The van der Waals surface area contributed by atoms with Crippen LogP contribution in [0.25, 0.3) is 5.78 Å². The fourth-order valence-electron chi connectivity index (χ4n) is 1.59. The van der Waals surface area contributed by atoms with E-state index in [-0.39, 0.29) is 5.82 Å². The van der Waals surface area contributed by atoms with Crippen molar-refractivity contribution in [3.05, 3.63) is 23.3 Å². The van der Waals surface area contributed by atoms with Crippen LogP contribution < -0.4 is 5.32 Å². The lowest BCUT2D eigenvalue weighted by molar-refractivity contribution is -0.138. The zero-order valence-electron chi connectivity index (χ0n) is 10.7. The van der Waals surface area contributed by atoms with Gasteiger partial charge in [-0.2, -0.15) is 4.98 Å². The molecule has 2 rings (SSSR count). The third kappa shape index (κ3) is 2.51. The van der Waals surface area contributed by atoms with Gasteiger partial charge in [-0.3, -0.25) is 9.59 Å². The summed E-state index contributed by atoms with van der Waals surface area (Å²) < 4.78 is 1.44. The summed E-state index contributed by atoms with van der Waals surface area (Å²) in [6.45, 7) is 5.00. The Labute approximate surface area is 108 Å². The molecule has 2 aromatic heterocycles. The van der Waals surface area contributed by atoms with Crippen LogP contribution in [0.1, 0.15) is 28.9 Å². The number of rotatable bonds is 3. The lowest BCUT2D eigenvalue weighted by Crippen LogP contribution is -2.38. The maximum atomic E-state index is 11.8. The molecule has 0 saturated carbocycles. The van der Waals surface area contributed by atoms with Crippen molar-refractivity contribution in [1.82, 2.24) is 24.9 Å². The Balaban J connectivity index is 2.33. The van der Waals surface area contributed by atoms with Gasteiger partial charge < -0.3 is 10.4 Å². The minimum absolute atomic E-state index is 0.103. The number of hydrogen-bond donors (Lipinski definition) is 2. The quantitative estimate of drug-likeness (QED) is 0.803. The van der Waals surface area contributed by atoms with Gasteiger partial charge in [0, 0.05) is 11.4 Å². The molecule has 19 heavy (non-hydrogen) atoms. The van der Waals surface area contributed by atoms with E-state index < -0.39 is 17.9 Å². The largest absolute Gasteiger partial charge is 0.480 e. The fraction of sp³-hybridized carbons (Fsp3) is 0.364. The van der Waals surface area contributed by atoms with Crippen LogP contribution in [0.15, 0.2) is 6.07 Å². The number of amides is 1. The summed E-state index contributed by atoms with van der Waals surface area (Å²) in [4.78, 5) is 30.6. The highest BCUT2D eigenvalue weighted by Crippen LogP contribution is 2.05. The number of aliphatic carboxylic acids is 1. The second-order valence-electron chi connectivity index (χ2n) is 4.22. The topological polar surface area (TPSA) is 109 Å². The van der Waals surface area contributed by atoms with Gasteiger partial charge in [-0.25, -0.2) is 9.50 Å². The molecular formula is C11H13N5O3. The van der Waals surface area contributed by atoms with Gasteiger partial charge >= 0.3 is 5.97 Å². The Kier molecular flexibility index (Phi) is 3.16.